The lowest BCUT2D eigenvalue weighted by Gasteiger charge is -2.28. The van der Waals surface area contributed by atoms with Crippen LogP contribution in [0.4, 0.5) is 5.69 Å². The highest BCUT2D eigenvalue weighted by Crippen LogP contribution is 2.34. The Morgan fingerprint density at radius 2 is 2.19 bits per heavy atom. The fourth-order valence-electron chi connectivity index (χ4n) is 1.84. The van der Waals surface area contributed by atoms with E-state index in [2.05, 4.69) is 66.7 Å². The molecule has 0 saturated heterocycles. The predicted molar refractivity (Wildman–Crippen MR) is 77.8 cm³/mol. The van der Waals surface area contributed by atoms with Crippen molar-refractivity contribution in [2.24, 2.45) is 4.99 Å². The second kappa shape index (κ2) is 4.00. The van der Waals surface area contributed by atoms with Gasteiger partial charge in [-0.3, -0.25) is 0 Å². The zero-order chi connectivity index (χ0) is 11.1. The number of aliphatic imine (C=N–C) groups is 1. The molecule has 1 aromatic carbocycles. The maximum atomic E-state index is 4.66. The van der Waals surface area contributed by atoms with Crippen LogP contribution in [0.25, 0.3) is 0 Å². The van der Waals surface area contributed by atoms with Gasteiger partial charge in [-0.25, -0.2) is 4.99 Å². The number of benzene rings is 1. The van der Waals surface area contributed by atoms with Crippen LogP contribution in [0.3, 0.4) is 0 Å². The minimum atomic E-state index is 0.881. The van der Waals surface area contributed by atoms with Crippen LogP contribution in [0.2, 0.25) is 0 Å². The van der Waals surface area contributed by atoms with E-state index in [1.54, 1.807) is 0 Å². The summed E-state index contributed by atoms with van der Waals surface area (Å²) < 4.78 is 2.34. The van der Waals surface area contributed by atoms with E-state index in [0.29, 0.717) is 0 Å². The van der Waals surface area contributed by atoms with E-state index in [4.69, 9.17) is 0 Å². The summed E-state index contributed by atoms with van der Waals surface area (Å²) in [5.41, 5.74) is 2.33. The molecule has 0 bridgehead atoms. The molecule has 2 heterocycles. The van der Waals surface area contributed by atoms with Gasteiger partial charge in [0.2, 0.25) is 0 Å². The van der Waals surface area contributed by atoms with Gasteiger partial charge in [-0.2, -0.15) is 0 Å². The Bertz CT molecular complexity index is 546. The predicted octanol–water partition coefficient (Wildman–Crippen LogP) is 3.98. The van der Waals surface area contributed by atoms with Gasteiger partial charge in [-0.15, -0.1) is 0 Å². The van der Waals surface area contributed by atoms with Crippen molar-refractivity contribution in [3.63, 3.8) is 0 Å². The van der Waals surface area contributed by atoms with Crippen LogP contribution in [0.1, 0.15) is 5.56 Å². The molecular formula is C12H8BrIN2. The highest BCUT2D eigenvalue weighted by atomic mass is 127. The van der Waals surface area contributed by atoms with Gasteiger partial charge < -0.3 is 4.90 Å². The van der Waals surface area contributed by atoms with Crippen LogP contribution in [-0.2, 0) is 6.54 Å². The second-order valence-corrected chi connectivity index (χ2v) is 5.78. The topological polar surface area (TPSA) is 15.6 Å². The minimum Gasteiger partial charge on any atom is -0.328 e. The molecule has 0 aromatic heterocycles. The summed E-state index contributed by atoms with van der Waals surface area (Å²) in [6, 6.07) is 4.25. The summed E-state index contributed by atoms with van der Waals surface area (Å²) in [5.74, 6) is 1.02. The molecule has 2 nitrogen and oxygen atoms in total. The molecule has 80 valence electrons. The molecule has 0 unspecified atom stereocenters. The molecule has 4 heteroatoms. The van der Waals surface area contributed by atoms with Crippen molar-refractivity contribution in [2.45, 2.75) is 6.54 Å². The van der Waals surface area contributed by atoms with Gasteiger partial charge in [0.15, 0.2) is 0 Å². The van der Waals surface area contributed by atoms with Gasteiger partial charge in [0.05, 0.1) is 12.2 Å². The monoisotopic (exact) mass is 386 g/mol. The summed E-state index contributed by atoms with van der Waals surface area (Å²) in [7, 11) is 0. The lowest BCUT2D eigenvalue weighted by atomic mass is 10.1. The number of nitrogens with zero attached hydrogens (tertiary/aromatic N) is 2. The van der Waals surface area contributed by atoms with Gasteiger partial charge in [0.25, 0.3) is 0 Å². The molecule has 0 fully saturated rings. The van der Waals surface area contributed by atoms with Gasteiger partial charge >= 0.3 is 0 Å². The van der Waals surface area contributed by atoms with E-state index in [9.17, 15) is 0 Å². The Kier molecular flexibility index (Phi) is 2.63. The maximum Gasteiger partial charge on any atom is 0.133 e. The first-order chi connectivity index (χ1) is 7.74. The van der Waals surface area contributed by atoms with E-state index in [1.165, 1.54) is 9.13 Å². The van der Waals surface area contributed by atoms with Crippen molar-refractivity contribution in [3.8, 4) is 0 Å². The van der Waals surface area contributed by atoms with Gasteiger partial charge in [0, 0.05) is 19.8 Å². The average molecular weight is 387 g/mol. The third kappa shape index (κ3) is 1.73. The Labute approximate surface area is 116 Å². The summed E-state index contributed by atoms with van der Waals surface area (Å²) in [5, 5.41) is 0. The zero-order valence-corrected chi connectivity index (χ0v) is 12.1. The van der Waals surface area contributed by atoms with Crippen LogP contribution in [0.5, 0.6) is 0 Å². The lowest BCUT2D eigenvalue weighted by Crippen LogP contribution is -2.27. The Morgan fingerprint density at radius 3 is 3.06 bits per heavy atom. The second-order valence-electron chi connectivity index (χ2n) is 3.68. The number of amidine groups is 1. The lowest BCUT2D eigenvalue weighted by molar-refractivity contribution is 0.543. The van der Waals surface area contributed by atoms with Gasteiger partial charge in [-0.05, 0) is 46.9 Å². The number of allylic oxidation sites excluding steroid dienone is 2. The smallest absolute Gasteiger partial charge is 0.133 e. The van der Waals surface area contributed by atoms with Gasteiger partial charge in [0.1, 0.15) is 5.84 Å². The van der Waals surface area contributed by atoms with Crippen molar-refractivity contribution in [1.29, 1.82) is 0 Å². The minimum absolute atomic E-state index is 0.881. The van der Waals surface area contributed by atoms with Crippen molar-refractivity contribution < 1.29 is 0 Å². The number of fused-ring (bicyclic) bond motifs is 2. The van der Waals surface area contributed by atoms with Crippen molar-refractivity contribution in [3.05, 3.63) is 50.2 Å². The molecule has 0 saturated carbocycles. The molecule has 0 aliphatic carbocycles. The van der Waals surface area contributed by atoms with Crippen LogP contribution in [0, 0.1) is 3.57 Å². The SMILES string of the molecule is Brc1cc(I)cc2c1CN1C=CC=CC1=N2. The quantitative estimate of drug-likeness (QED) is 0.615. The van der Waals surface area contributed by atoms with Gasteiger partial charge in [-0.1, -0.05) is 22.0 Å². The van der Waals surface area contributed by atoms with E-state index < -0.39 is 0 Å². The standard InChI is InChI=1S/C12H8BrIN2/c13-10-5-8(14)6-11-9(10)7-16-4-2-1-3-12(16)15-11/h1-6H,7H2. The zero-order valence-electron chi connectivity index (χ0n) is 8.32. The Morgan fingerprint density at radius 1 is 1.31 bits per heavy atom. The van der Waals surface area contributed by atoms with Crippen molar-refractivity contribution in [1.82, 2.24) is 4.90 Å². The summed E-state index contributed by atoms with van der Waals surface area (Å²) in [6.07, 6.45) is 8.15. The molecule has 0 radical (unpaired) electrons. The largest absolute Gasteiger partial charge is 0.328 e. The van der Waals surface area contributed by atoms with E-state index in [-0.39, 0.29) is 0 Å². The molecule has 0 N–H and O–H groups in total. The number of halogens is 2. The Balaban J connectivity index is 2.17. The third-order valence-corrected chi connectivity index (χ3v) is 3.95. The van der Waals surface area contributed by atoms with E-state index in [1.807, 2.05) is 18.2 Å². The maximum absolute atomic E-state index is 4.66. The highest BCUT2D eigenvalue weighted by Gasteiger charge is 2.19. The Hall–Kier alpha value is -0.620. The van der Waals surface area contributed by atoms with Crippen LogP contribution >= 0.6 is 38.5 Å². The molecule has 2 aliphatic heterocycles. The fraction of sp³-hybridized carbons (Fsp3) is 0.0833. The molecule has 16 heavy (non-hydrogen) atoms. The third-order valence-electron chi connectivity index (χ3n) is 2.62. The number of hydrogen-bond donors (Lipinski definition) is 0. The fourth-order valence-corrected chi connectivity index (χ4v) is 3.45. The number of rotatable bonds is 0. The number of hydrogen-bond acceptors (Lipinski definition) is 2. The molecule has 0 amide bonds. The van der Waals surface area contributed by atoms with Crippen LogP contribution in [-0.4, -0.2) is 10.7 Å². The molecule has 1 aromatic rings. The molecular weight excluding hydrogens is 379 g/mol. The van der Waals surface area contributed by atoms with Crippen LogP contribution in [0.15, 0.2) is 46.0 Å². The first-order valence-corrected chi connectivity index (χ1v) is 6.79. The summed E-state index contributed by atoms with van der Waals surface area (Å²) in [4.78, 5) is 6.81. The summed E-state index contributed by atoms with van der Waals surface area (Å²) >= 11 is 5.92. The van der Waals surface area contributed by atoms with Crippen LogP contribution < -0.4 is 0 Å². The van der Waals surface area contributed by atoms with Crippen molar-refractivity contribution in [2.75, 3.05) is 0 Å². The molecule has 2 aliphatic rings. The average Bonchev–Trinajstić information content (AvgIpc) is 2.27. The van der Waals surface area contributed by atoms with Crippen molar-refractivity contribution >= 4 is 50.0 Å². The van der Waals surface area contributed by atoms with E-state index >= 15 is 0 Å². The molecule has 0 atom stereocenters. The first-order valence-electron chi connectivity index (χ1n) is 4.92. The molecule has 0 spiro atoms. The molecule has 3 rings (SSSR count). The normalized spacial score (nSPS) is 16.9. The summed E-state index contributed by atoms with van der Waals surface area (Å²) in [6.45, 7) is 0.881. The van der Waals surface area contributed by atoms with E-state index in [0.717, 1.165) is 22.5 Å². The first kappa shape index (κ1) is 10.5. The highest BCUT2D eigenvalue weighted by molar-refractivity contribution is 14.1.